The Hall–Kier alpha value is -0.720. The third-order valence-electron chi connectivity index (χ3n) is 8.03. The Labute approximate surface area is 150 Å². The molecule has 4 aliphatic carbocycles. The molecule has 0 heterocycles. The number of carbonyl (C=O) groups excluding carboxylic acids is 1. The Morgan fingerprint density at radius 2 is 1.80 bits per heavy atom. The zero-order valence-electron chi connectivity index (χ0n) is 15.0. The zero-order valence-corrected chi connectivity index (χ0v) is 15.8. The van der Waals surface area contributed by atoms with E-state index in [0.717, 1.165) is 38.5 Å². The molecule has 6 atom stereocenters. The van der Waals surface area contributed by atoms with E-state index in [9.17, 15) is 13.2 Å². The lowest BCUT2D eigenvalue weighted by Crippen LogP contribution is -2.50. The summed E-state index contributed by atoms with van der Waals surface area (Å²) in [5.41, 5.74) is 1.25. The van der Waals surface area contributed by atoms with Crippen molar-refractivity contribution in [1.82, 2.24) is 0 Å². The normalized spacial score (nSPS) is 46.8. The summed E-state index contributed by atoms with van der Waals surface area (Å²) in [6.45, 7) is 4.50. The Balaban J connectivity index is 1.59. The lowest BCUT2D eigenvalue weighted by molar-refractivity contribution is -0.131. The van der Waals surface area contributed by atoms with Crippen LogP contribution in [-0.4, -0.2) is 24.9 Å². The van der Waals surface area contributed by atoms with Gasteiger partial charge in [-0.1, -0.05) is 25.5 Å². The molecule has 4 aliphatic rings. The predicted octanol–water partition coefficient (Wildman–Crippen LogP) is 3.71. The Morgan fingerprint density at radius 1 is 1.12 bits per heavy atom. The third kappa shape index (κ3) is 2.72. The van der Waals surface area contributed by atoms with Crippen LogP contribution in [0.3, 0.4) is 0 Å². The molecule has 0 amide bonds. The van der Waals surface area contributed by atoms with Crippen molar-refractivity contribution >= 4 is 16.2 Å². The lowest BCUT2D eigenvalue weighted by Gasteiger charge is -2.56. The van der Waals surface area contributed by atoms with Crippen LogP contribution in [0, 0.1) is 28.6 Å². The maximum atomic E-state index is 12.4. The molecular formula is C19H28O5S. The molecule has 0 aromatic heterocycles. The van der Waals surface area contributed by atoms with Crippen LogP contribution in [0.4, 0.5) is 0 Å². The predicted molar refractivity (Wildman–Crippen MR) is 93.1 cm³/mol. The highest BCUT2D eigenvalue weighted by Gasteiger charge is 2.58. The van der Waals surface area contributed by atoms with E-state index < -0.39 is 16.5 Å². The highest BCUT2D eigenvalue weighted by Crippen LogP contribution is 2.64. The Bertz CT molecular complexity index is 726. The SMILES string of the molecule is C[C@]12CCC(OS(=O)(=O)O)CC1=CC[C@@H]1[C@H]2CC[C@]2(C)C(=O)CC[C@@H]12. The van der Waals surface area contributed by atoms with Crippen molar-refractivity contribution in [3.05, 3.63) is 11.6 Å². The second kappa shape index (κ2) is 5.64. The fourth-order valence-corrected chi connectivity index (χ4v) is 7.16. The van der Waals surface area contributed by atoms with Crippen molar-refractivity contribution in [3.63, 3.8) is 0 Å². The van der Waals surface area contributed by atoms with Crippen LogP contribution in [0.15, 0.2) is 11.6 Å². The first-order valence-electron chi connectivity index (χ1n) is 9.52. The molecule has 0 radical (unpaired) electrons. The topological polar surface area (TPSA) is 80.7 Å². The van der Waals surface area contributed by atoms with Crippen molar-refractivity contribution in [1.29, 1.82) is 0 Å². The zero-order chi connectivity index (χ0) is 18.0. The van der Waals surface area contributed by atoms with Crippen LogP contribution < -0.4 is 0 Å². The Kier molecular flexibility index (Phi) is 3.99. The summed E-state index contributed by atoms with van der Waals surface area (Å²) in [7, 11) is -4.40. The molecule has 140 valence electrons. The summed E-state index contributed by atoms with van der Waals surface area (Å²) in [6.07, 6.45) is 8.79. The van der Waals surface area contributed by atoms with E-state index >= 15 is 0 Å². The molecule has 0 aromatic rings. The minimum absolute atomic E-state index is 0.0783. The standard InChI is InChI=1S/C19H28O5S/c1-18-9-7-13(24-25(21,22)23)11-12(18)3-4-14-15-5-6-17(20)19(15,2)10-8-16(14)18/h3,13-16H,4-11H2,1-2H3,(H,21,22,23)/t13?,14-,15-,16+,18-,19-/m0/s1. The van der Waals surface area contributed by atoms with E-state index in [1.54, 1.807) is 0 Å². The van der Waals surface area contributed by atoms with E-state index in [0.29, 0.717) is 36.4 Å². The number of hydrogen-bond acceptors (Lipinski definition) is 4. The molecule has 0 bridgehead atoms. The summed E-state index contributed by atoms with van der Waals surface area (Å²) < 4.78 is 35.9. The summed E-state index contributed by atoms with van der Waals surface area (Å²) in [5.74, 6) is 2.10. The van der Waals surface area contributed by atoms with E-state index in [1.807, 2.05) is 0 Å². The number of hydrogen-bond donors (Lipinski definition) is 1. The van der Waals surface area contributed by atoms with Gasteiger partial charge in [-0.3, -0.25) is 9.35 Å². The third-order valence-corrected chi connectivity index (χ3v) is 8.54. The van der Waals surface area contributed by atoms with Gasteiger partial charge in [0, 0.05) is 11.8 Å². The number of Topliss-reactive ketones (excluding diaryl/α,β-unsaturated/α-hetero) is 1. The van der Waals surface area contributed by atoms with Crippen molar-refractivity contribution in [3.8, 4) is 0 Å². The molecule has 0 aromatic carbocycles. The highest BCUT2D eigenvalue weighted by molar-refractivity contribution is 7.80. The second-order valence-electron chi connectivity index (χ2n) is 9.07. The maximum absolute atomic E-state index is 12.4. The lowest BCUT2D eigenvalue weighted by atomic mass is 9.48. The van der Waals surface area contributed by atoms with Crippen LogP contribution in [0.2, 0.25) is 0 Å². The number of fused-ring (bicyclic) bond motifs is 5. The van der Waals surface area contributed by atoms with Crippen LogP contribution in [-0.2, 0) is 19.4 Å². The van der Waals surface area contributed by atoms with Gasteiger partial charge in [0.15, 0.2) is 0 Å². The molecule has 3 saturated carbocycles. The van der Waals surface area contributed by atoms with Gasteiger partial charge in [0.25, 0.3) is 0 Å². The van der Waals surface area contributed by atoms with Gasteiger partial charge in [-0.15, -0.1) is 0 Å². The summed E-state index contributed by atoms with van der Waals surface area (Å²) in [5, 5.41) is 0. The first-order chi connectivity index (χ1) is 11.6. The first kappa shape index (κ1) is 17.7. The molecule has 3 fully saturated rings. The summed E-state index contributed by atoms with van der Waals surface area (Å²) in [6, 6.07) is 0. The van der Waals surface area contributed by atoms with E-state index in [1.165, 1.54) is 5.57 Å². The van der Waals surface area contributed by atoms with Gasteiger partial charge < -0.3 is 0 Å². The number of rotatable bonds is 2. The minimum atomic E-state index is -4.40. The summed E-state index contributed by atoms with van der Waals surface area (Å²) in [4.78, 5) is 12.4. The smallest absolute Gasteiger partial charge is 0.299 e. The van der Waals surface area contributed by atoms with Crippen LogP contribution in [0.5, 0.6) is 0 Å². The molecule has 1 N–H and O–H groups in total. The average molecular weight is 368 g/mol. The number of ketones is 1. The molecule has 5 nitrogen and oxygen atoms in total. The van der Waals surface area contributed by atoms with Crippen LogP contribution >= 0.6 is 0 Å². The molecule has 25 heavy (non-hydrogen) atoms. The monoisotopic (exact) mass is 368 g/mol. The Morgan fingerprint density at radius 3 is 2.52 bits per heavy atom. The van der Waals surface area contributed by atoms with Crippen LogP contribution in [0.25, 0.3) is 0 Å². The molecule has 1 unspecified atom stereocenters. The van der Waals surface area contributed by atoms with Gasteiger partial charge in [-0.05, 0) is 68.1 Å². The van der Waals surface area contributed by atoms with Gasteiger partial charge in [0.05, 0.1) is 6.10 Å². The molecule has 0 spiro atoms. The van der Waals surface area contributed by atoms with Crippen molar-refractivity contribution < 1.29 is 21.9 Å². The van der Waals surface area contributed by atoms with Gasteiger partial charge in [-0.2, -0.15) is 8.42 Å². The minimum Gasteiger partial charge on any atom is -0.299 e. The average Bonchev–Trinajstić information content (AvgIpc) is 2.82. The van der Waals surface area contributed by atoms with Gasteiger partial charge in [0.2, 0.25) is 0 Å². The van der Waals surface area contributed by atoms with Crippen molar-refractivity contribution in [2.24, 2.45) is 28.6 Å². The van der Waals surface area contributed by atoms with E-state index in [2.05, 4.69) is 19.9 Å². The quantitative estimate of drug-likeness (QED) is 0.594. The molecule has 0 saturated heterocycles. The molecule has 0 aliphatic heterocycles. The van der Waals surface area contributed by atoms with Crippen molar-refractivity contribution in [2.75, 3.05) is 0 Å². The number of carbonyl (C=O) groups is 1. The van der Waals surface area contributed by atoms with Crippen molar-refractivity contribution in [2.45, 2.75) is 71.3 Å². The fourth-order valence-electron chi connectivity index (χ4n) is 6.65. The second-order valence-corrected chi connectivity index (χ2v) is 10.1. The first-order valence-corrected chi connectivity index (χ1v) is 10.9. The van der Waals surface area contributed by atoms with Gasteiger partial charge in [0.1, 0.15) is 5.78 Å². The number of allylic oxidation sites excluding steroid dienone is 1. The van der Waals surface area contributed by atoms with Gasteiger partial charge in [-0.25, -0.2) is 4.18 Å². The van der Waals surface area contributed by atoms with E-state index in [4.69, 9.17) is 8.74 Å². The van der Waals surface area contributed by atoms with Crippen LogP contribution in [0.1, 0.15) is 65.2 Å². The molecule has 6 heteroatoms. The molecular weight excluding hydrogens is 340 g/mol. The molecule has 4 rings (SSSR count). The van der Waals surface area contributed by atoms with Gasteiger partial charge >= 0.3 is 10.4 Å². The maximum Gasteiger partial charge on any atom is 0.397 e. The summed E-state index contributed by atoms with van der Waals surface area (Å²) >= 11 is 0. The largest absolute Gasteiger partial charge is 0.397 e. The van der Waals surface area contributed by atoms with E-state index in [-0.39, 0.29) is 10.8 Å². The highest BCUT2D eigenvalue weighted by atomic mass is 32.3. The fraction of sp³-hybridized carbons (Fsp3) is 0.842.